The minimum atomic E-state index is -0.892. The fourth-order valence-electron chi connectivity index (χ4n) is 7.06. The molecule has 4 amide bonds. The van der Waals surface area contributed by atoms with Crippen molar-refractivity contribution >= 4 is 45.7 Å². The van der Waals surface area contributed by atoms with Crippen LogP contribution >= 0.6 is 11.3 Å². The lowest BCUT2D eigenvalue weighted by Crippen LogP contribution is -2.57. The Morgan fingerprint density at radius 1 is 1.05 bits per heavy atom. The molecule has 1 aliphatic rings. The highest BCUT2D eigenvalue weighted by Crippen LogP contribution is 2.29. The van der Waals surface area contributed by atoms with Crippen molar-refractivity contribution in [3.05, 3.63) is 88.6 Å². The predicted octanol–water partition coefficient (Wildman–Crippen LogP) is 4.90. The number of aliphatic hydroxyl groups excluding tert-OH is 1. The van der Waals surface area contributed by atoms with Gasteiger partial charge in [0, 0.05) is 38.4 Å². The molecule has 1 aromatic heterocycles. The third-order valence-corrected chi connectivity index (χ3v) is 11.4. The summed E-state index contributed by atoms with van der Waals surface area (Å²) in [5.41, 5.74) is 17.6. The van der Waals surface area contributed by atoms with Crippen LogP contribution < -0.4 is 22.1 Å². The Balaban J connectivity index is 1.14. The largest absolute Gasteiger partial charge is 0.391 e. The number of aryl methyl sites for hydroxylation is 2. The van der Waals surface area contributed by atoms with E-state index in [1.807, 2.05) is 82.6 Å². The third-order valence-electron chi connectivity index (χ3n) is 10.4. The number of thiazole rings is 1. The normalized spacial score (nSPS) is 17.4. The number of fused-ring (bicyclic) bond motifs is 1. The maximum Gasteiger partial charge on any atom is 0.246 e. The summed E-state index contributed by atoms with van der Waals surface area (Å²) >= 11 is 1.58. The van der Waals surface area contributed by atoms with Crippen molar-refractivity contribution in [2.24, 2.45) is 16.9 Å². The number of nitrogens with zero attached hydrogens (tertiary/aromatic N) is 2. The molecule has 3 aromatic carbocycles. The van der Waals surface area contributed by atoms with Crippen LogP contribution in [0.2, 0.25) is 0 Å². The van der Waals surface area contributed by atoms with E-state index in [0.29, 0.717) is 25.9 Å². The molecule has 56 heavy (non-hydrogen) atoms. The van der Waals surface area contributed by atoms with Crippen LogP contribution in [-0.2, 0) is 43.5 Å². The molecule has 1 fully saturated rings. The fourth-order valence-corrected chi connectivity index (χ4v) is 7.87. The lowest BCUT2D eigenvalue weighted by atomic mass is 9.85. The quantitative estimate of drug-likeness (QED) is 0.0999. The van der Waals surface area contributed by atoms with Gasteiger partial charge in [-0.05, 0) is 77.6 Å². The van der Waals surface area contributed by atoms with Crippen molar-refractivity contribution in [2.75, 3.05) is 6.54 Å². The molecular formula is C43H56N6O6S. The number of carbonyl (C=O) groups excluding carboxylic acids is 4. The monoisotopic (exact) mass is 784 g/mol. The maximum absolute atomic E-state index is 14.1. The number of β-amino-alcohol motifs (C(OH)–C–C–N with tert-alkyl or cyclic N) is 1. The Bertz CT molecular complexity index is 1990. The van der Waals surface area contributed by atoms with E-state index in [-0.39, 0.29) is 68.1 Å². The summed E-state index contributed by atoms with van der Waals surface area (Å²) in [6.45, 7) is 10.2. The topological polar surface area (TPSA) is 190 Å². The molecule has 5 rings (SSSR count). The van der Waals surface area contributed by atoms with Gasteiger partial charge in [0.05, 0.1) is 34.9 Å². The number of carbonyl (C=O) groups is 4. The fraction of sp³-hybridized carbons (Fsp3) is 0.465. The Morgan fingerprint density at radius 2 is 1.79 bits per heavy atom. The molecule has 0 unspecified atom stereocenters. The number of nitrogens with two attached hydrogens (primary N) is 2. The molecule has 0 aliphatic carbocycles. The van der Waals surface area contributed by atoms with E-state index in [1.54, 1.807) is 11.3 Å². The van der Waals surface area contributed by atoms with Gasteiger partial charge < -0.3 is 36.8 Å². The highest BCUT2D eigenvalue weighted by Gasteiger charge is 2.44. The van der Waals surface area contributed by atoms with Crippen LogP contribution in [0.3, 0.4) is 0 Å². The first-order valence-electron chi connectivity index (χ1n) is 19.3. The predicted molar refractivity (Wildman–Crippen MR) is 219 cm³/mol. The van der Waals surface area contributed by atoms with E-state index in [9.17, 15) is 24.3 Å². The number of likely N-dealkylation sites (tertiary alicyclic amines) is 1. The van der Waals surface area contributed by atoms with Gasteiger partial charge in [0.15, 0.2) is 0 Å². The molecule has 5 atom stereocenters. The van der Waals surface area contributed by atoms with E-state index < -0.39 is 23.6 Å². The summed E-state index contributed by atoms with van der Waals surface area (Å²) < 4.78 is 5.98. The average molecular weight is 785 g/mol. The zero-order valence-corrected chi connectivity index (χ0v) is 33.9. The number of benzene rings is 3. The molecule has 1 aliphatic heterocycles. The lowest BCUT2D eigenvalue weighted by molar-refractivity contribution is -0.144. The smallest absolute Gasteiger partial charge is 0.246 e. The van der Waals surface area contributed by atoms with Gasteiger partial charge in [0.25, 0.3) is 0 Å². The standard InChI is InChI=1S/C43H56N6O6S/c1-26-39(56-25-47-26)31-15-12-28(13-16-31)22-46-41(53)36-21-33(50)23-49(36)42(54)40(43(3,4)5)48-38(52)11-7-9-30-8-6-10-32-20-29(14-17-34(30)32)24-55-27(2)35(44)18-19-37(45)51/h6,8,10,12-17,20,25,27,33,35-36,40,50H,7,9,11,18-19,21-24,44H2,1-5H3,(H2,45,51)(H,46,53)(H,48,52)/t27-,33-,35+,36+,40-/m1/s1. The number of hydrogen-bond acceptors (Lipinski definition) is 9. The lowest BCUT2D eigenvalue weighted by Gasteiger charge is -2.35. The number of amides is 4. The molecule has 0 radical (unpaired) electrons. The van der Waals surface area contributed by atoms with Gasteiger partial charge in [0.2, 0.25) is 23.6 Å². The summed E-state index contributed by atoms with van der Waals surface area (Å²) in [6, 6.07) is 18.1. The summed E-state index contributed by atoms with van der Waals surface area (Å²) in [6.07, 6.45) is 1.17. The van der Waals surface area contributed by atoms with Crippen LogP contribution in [0.4, 0.5) is 0 Å². The van der Waals surface area contributed by atoms with E-state index in [4.69, 9.17) is 16.2 Å². The van der Waals surface area contributed by atoms with Gasteiger partial charge in [-0.25, -0.2) is 4.98 Å². The Hall–Kier alpha value is -4.69. The zero-order chi connectivity index (χ0) is 40.6. The molecular weight excluding hydrogens is 729 g/mol. The number of nitrogens with one attached hydrogen (secondary N) is 2. The van der Waals surface area contributed by atoms with Gasteiger partial charge in [-0.1, -0.05) is 75.4 Å². The molecule has 2 heterocycles. The summed E-state index contributed by atoms with van der Waals surface area (Å²) in [5, 5.41) is 18.7. The first kappa shape index (κ1) is 42.5. The Labute approximate surface area is 333 Å². The van der Waals surface area contributed by atoms with E-state index in [1.165, 1.54) is 4.90 Å². The van der Waals surface area contributed by atoms with Gasteiger partial charge in [-0.2, -0.15) is 0 Å². The average Bonchev–Trinajstić information content (AvgIpc) is 3.78. The highest BCUT2D eigenvalue weighted by molar-refractivity contribution is 7.13. The second-order valence-electron chi connectivity index (χ2n) is 16.0. The Morgan fingerprint density at radius 3 is 2.46 bits per heavy atom. The number of rotatable bonds is 17. The number of primary amides is 1. The zero-order valence-electron chi connectivity index (χ0n) is 33.0. The van der Waals surface area contributed by atoms with Gasteiger partial charge in [-0.3, -0.25) is 19.2 Å². The number of aromatic nitrogens is 1. The van der Waals surface area contributed by atoms with E-state index in [0.717, 1.165) is 43.6 Å². The van der Waals surface area contributed by atoms with E-state index >= 15 is 0 Å². The molecule has 0 saturated carbocycles. The van der Waals surface area contributed by atoms with Crippen molar-refractivity contribution in [1.29, 1.82) is 0 Å². The highest BCUT2D eigenvalue weighted by atomic mass is 32.1. The second kappa shape index (κ2) is 19.0. The molecule has 13 heteroatoms. The number of ether oxygens (including phenoxy) is 1. The van der Waals surface area contributed by atoms with Gasteiger partial charge in [-0.15, -0.1) is 11.3 Å². The van der Waals surface area contributed by atoms with E-state index in [2.05, 4.69) is 33.8 Å². The number of aliphatic hydroxyl groups is 1. The SMILES string of the molecule is Cc1ncsc1-c1ccc(CNC(=O)[C@@H]2C[C@@H](O)CN2C(=O)[C@@H](NC(=O)CCCc2cccc3cc(CO[C@H](C)[C@@H](N)CCC(N)=O)ccc23)C(C)(C)C)cc1. The van der Waals surface area contributed by atoms with Gasteiger partial charge >= 0.3 is 0 Å². The van der Waals surface area contributed by atoms with Crippen molar-refractivity contribution in [3.63, 3.8) is 0 Å². The third kappa shape index (κ3) is 11.2. The van der Waals surface area contributed by atoms with Crippen LogP contribution in [0, 0.1) is 12.3 Å². The summed E-state index contributed by atoms with van der Waals surface area (Å²) in [5.74, 6) is -1.36. The molecule has 7 N–H and O–H groups in total. The van der Waals surface area contributed by atoms with Crippen LogP contribution in [0.1, 0.15) is 82.2 Å². The first-order chi connectivity index (χ1) is 26.6. The second-order valence-corrected chi connectivity index (χ2v) is 16.8. The molecule has 1 saturated heterocycles. The summed E-state index contributed by atoms with van der Waals surface area (Å²) in [7, 11) is 0. The summed E-state index contributed by atoms with van der Waals surface area (Å²) in [4.78, 5) is 58.8. The maximum atomic E-state index is 14.1. The molecule has 0 bridgehead atoms. The van der Waals surface area contributed by atoms with Crippen molar-refractivity contribution in [1.82, 2.24) is 20.5 Å². The minimum absolute atomic E-state index is 0.0146. The van der Waals surface area contributed by atoms with Crippen molar-refractivity contribution < 1.29 is 29.0 Å². The number of hydrogen-bond donors (Lipinski definition) is 5. The molecule has 4 aromatic rings. The molecule has 300 valence electrons. The van der Waals surface area contributed by atoms with Crippen molar-refractivity contribution in [2.45, 2.75) is 117 Å². The molecule has 0 spiro atoms. The van der Waals surface area contributed by atoms with Crippen LogP contribution in [0.25, 0.3) is 21.2 Å². The minimum Gasteiger partial charge on any atom is -0.391 e. The van der Waals surface area contributed by atoms with Crippen LogP contribution in [0.5, 0.6) is 0 Å². The van der Waals surface area contributed by atoms with Crippen LogP contribution in [-0.4, -0.2) is 75.5 Å². The Kier molecular flexibility index (Phi) is 14.4. The first-order valence-corrected chi connectivity index (χ1v) is 20.2. The molecule has 12 nitrogen and oxygen atoms in total. The van der Waals surface area contributed by atoms with Gasteiger partial charge in [0.1, 0.15) is 12.1 Å². The van der Waals surface area contributed by atoms with Crippen LogP contribution in [0.15, 0.2) is 66.2 Å². The van der Waals surface area contributed by atoms with Crippen molar-refractivity contribution in [3.8, 4) is 10.4 Å².